The first-order chi connectivity index (χ1) is 6.52. The third-order valence-corrected chi connectivity index (χ3v) is 3.69. The molecule has 1 N–H and O–H groups in total. The number of carbonyl (C=O) groups excluding carboxylic acids is 2. The minimum absolute atomic E-state index is 0.124. The highest BCUT2D eigenvalue weighted by atomic mass is 32.2. The van der Waals surface area contributed by atoms with Gasteiger partial charge in [0.2, 0.25) is 0 Å². The van der Waals surface area contributed by atoms with Gasteiger partial charge in [0.25, 0.3) is 0 Å². The Morgan fingerprint density at radius 1 is 1.07 bits per heavy atom. The fourth-order valence-corrected chi connectivity index (χ4v) is 2.47. The highest BCUT2D eigenvalue weighted by molar-refractivity contribution is 8.00. The average Bonchev–Trinajstić information content (AvgIpc) is 2.02. The molecule has 0 saturated heterocycles. The van der Waals surface area contributed by atoms with Crippen LogP contribution in [0.25, 0.3) is 0 Å². The van der Waals surface area contributed by atoms with Crippen molar-refractivity contribution in [1.82, 2.24) is 0 Å². The van der Waals surface area contributed by atoms with Gasteiger partial charge in [-0.15, -0.1) is 0 Å². The molecule has 0 saturated carbocycles. The van der Waals surface area contributed by atoms with Gasteiger partial charge in [0.05, 0.1) is 17.6 Å². The molecule has 0 aliphatic heterocycles. The molecule has 0 aromatic rings. The standard InChI is InChI=1S/C9H16O3S2/c1-7(10)3-13-5-9(12)6-14-4-8(2)11/h9,12H,3-6H2,1-2H3. The molecule has 3 nitrogen and oxygen atoms in total. The number of thioether (sulfide) groups is 2. The second-order valence-corrected chi connectivity index (χ2v) is 5.15. The minimum atomic E-state index is -0.427. The third-order valence-electron chi connectivity index (χ3n) is 1.23. The van der Waals surface area contributed by atoms with Crippen LogP contribution in [0.3, 0.4) is 0 Å². The Kier molecular flexibility index (Phi) is 8.32. The van der Waals surface area contributed by atoms with Crippen molar-refractivity contribution in [3.63, 3.8) is 0 Å². The summed E-state index contributed by atoms with van der Waals surface area (Å²) < 4.78 is 0. The second-order valence-electron chi connectivity index (χ2n) is 3.09. The fraction of sp³-hybridized carbons (Fsp3) is 0.778. The number of hydrogen-bond acceptors (Lipinski definition) is 5. The molecule has 0 unspecified atom stereocenters. The van der Waals surface area contributed by atoms with Crippen LogP contribution in [0, 0.1) is 0 Å². The van der Waals surface area contributed by atoms with Crippen LogP contribution in [0.4, 0.5) is 0 Å². The molecule has 0 aliphatic rings. The van der Waals surface area contributed by atoms with E-state index in [9.17, 15) is 14.7 Å². The summed E-state index contributed by atoms with van der Waals surface area (Å²) in [5.41, 5.74) is 0. The molecule has 0 spiro atoms. The average molecular weight is 236 g/mol. The highest BCUT2D eigenvalue weighted by Gasteiger charge is 2.05. The van der Waals surface area contributed by atoms with E-state index in [0.29, 0.717) is 23.0 Å². The lowest BCUT2D eigenvalue weighted by atomic mass is 10.5. The van der Waals surface area contributed by atoms with Crippen molar-refractivity contribution in [2.75, 3.05) is 23.0 Å². The summed E-state index contributed by atoms with van der Waals surface area (Å²) in [5.74, 6) is 2.27. The molecule has 0 bridgehead atoms. The second kappa shape index (κ2) is 8.32. The summed E-state index contributed by atoms with van der Waals surface area (Å²) in [6.07, 6.45) is -0.427. The molecule has 0 aromatic carbocycles. The van der Waals surface area contributed by atoms with E-state index in [1.54, 1.807) is 0 Å². The molecule has 14 heavy (non-hydrogen) atoms. The molecule has 0 heterocycles. The summed E-state index contributed by atoms with van der Waals surface area (Å²) >= 11 is 2.86. The highest BCUT2D eigenvalue weighted by Crippen LogP contribution is 2.09. The number of ketones is 2. The lowest BCUT2D eigenvalue weighted by molar-refractivity contribution is -0.115. The van der Waals surface area contributed by atoms with Crippen molar-refractivity contribution in [3.8, 4) is 0 Å². The first-order valence-corrected chi connectivity index (χ1v) is 6.65. The number of aliphatic hydroxyl groups excluding tert-OH is 1. The van der Waals surface area contributed by atoms with Crippen LogP contribution in [-0.4, -0.2) is 45.8 Å². The Morgan fingerprint density at radius 3 is 1.71 bits per heavy atom. The van der Waals surface area contributed by atoms with E-state index >= 15 is 0 Å². The van der Waals surface area contributed by atoms with Gasteiger partial charge >= 0.3 is 0 Å². The zero-order chi connectivity index (χ0) is 11.0. The smallest absolute Gasteiger partial charge is 0.139 e. The van der Waals surface area contributed by atoms with Gasteiger partial charge in [-0.05, 0) is 13.8 Å². The Hall–Kier alpha value is -0.0000000000000000555. The number of rotatable bonds is 8. The number of hydrogen-bond donors (Lipinski definition) is 1. The zero-order valence-corrected chi connectivity index (χ0v) is 10.1. The molecule has 5 heteroatoms. The van der Waals surface area contributed by atoms with Crippen molar-refractivity contribution in [2.45, 2.75) is 20.0 Å². The summed E-state index contributed by atoms with van der Waals surface area (Å²) in [6, 6.07) is 0. The molecule has 0 atom stereocenters. The van der Waals surface area contributed by atoms with Crippen LogP contribution in [-0.2, 0) is 9.59 Å². The minimum Gasteiger partial charge on any atom is -0.391 e. The maximum atomic E-state index is 10.6. The van der Waals surface area contributed by atoms with Gasteiger partial charge < -0.3 is 5.11 Å². The zero-order valence-electron chi connectivity index (χ0n) is 8.49. The van der Waals surface area contributed by atoms with Crippen LogP contribution >= 0.6 is 23.5 Å². The maximum absolute atomic E-state index is 10.6. The van der Waals surface area contributed by atoms with Gasteiger partial charge in [0, 0.05) is 11.5 Å². The molecule has 0 aromatic heterocycles. The topological polar surface area (TPSA) is 54.4 Å². The molecular weight excluding hydrogens is 220 g/mol. The van der Waals surface area contributed by atoms with E-state index in [4.69, 9.17) is 0 Å². The van der Waals surface area contributed by atoms with E-state index in [0.717, 1.165) is 0 Å². The maximum Gasteiger partial charge on any atom is 0.139 e. The predicted molar refractivity (Wildman–Crippen MR) is 62.0 cm³/mol. The van der Waals surface area contributed by atoms with E-state index < -0.39 is 6.10 Å². The third kappa shape index (κ3) is 10.1. The van der Waals surface area contributed by atoms with E-state index in [2.05, 4.69) is 0 Å². The van der Waals surface area contributed by atoms with Gasteiger partial charge in [-0.2, -0.15) is 23.5 Å². The van der Waals surface area contributed by atoms with Crippen LogP contribution in [0.5, 0.6) is 0 Å². The lowest BCUT2D eigenvalue weighted by Gasteiger charge is -2.08. The van der Waals surface area contributed by atoms with Gasteiger partial charge in [0.1, 0.15) is 11.6 Å². The quantitative estimate of drug-likeness (QED) is 0.681. The molecule has 0 amide bonds. The molecular formula is C9H16O3S2. The number of aliphatic hydroxyl groups is 1. The van der Waals surface area contributed by atoms with Crippen LogP contribution in [0.2, 0.25) is 0 Å². The first-order valence-electron chi connectivity index (χ1n) is 4.34. The van der Waals surface area contributed by atoms with Crippen LogP contribution in [0.1, 0.15) is 13.8 Å². The van der Waals surface area contributed by atoms with Crippen molar-refractivity contribution >= 4 is 35.1 Å². The molecule has 0 aliphatic carbocycles. The van der Waals surface area contributed by atoms with Gasteiger partial charge in [-0.3, -0.25) is 9.59 Å². The largest absolute Gasteiger partial charge is 0.391 e. The summed E-state index contributed by atoms with van der Waals surface area (Å²) in [4.78, 5) is 21.2. The monoisotopic (exact) mass is 236 g/mol. The summed E-state index contributed by atoms with van der Waals surface area (Å²) in [6.45, 7) is 3.06. The predicted octanol–water partition coefficient (Wildman–Crippen LogP) is 0.992. The first kappa shape index (κ1) is 14.0. The normalized spacial score (nSPS) is 10.6. The van der Waals surface area contributed by atoms with Crippen LogP contribution < -0.4 is 0 Å². The molecule has 0 rings (SSSR count). The Labute approximate surface area is 93.0 Å². The van der Waals surface area contributed by atoms with E-state index in [-0.39, 0.29) is 11.6 Å². The molecule has 0 fully saturated rings. The Balaban J connectivity index is 3.32. The van der Waals surface area contributed by atoms with Gasteiger partial charge in [0.15, 0.2) is 0 Å². The van der Waals surface area contributed by atoms with E-state index in [1.807, 2.05) is 0 Å². The van der Waals surface area contributed by atoms with Crippen molar-refractivity contribution < 1.29 is 14.7 Å². The van der Waals surface area contributed by atoms with E-state index in [1.165, 1.54) is 37.4 Å². The van der Waals surface area contributed by atoms with Crippen LogP contribution in [0.15, 0.2) is 0 Å². The lowest BCUT2D eigenvalue weighted by Crippen LogP contribution is -2.15. The van der Waals surface area contributed by atoms with Crippen molar-refractivity contribution in [3.05, 3.63) is 0 Å². The Morgan fingerprint density at radius 2 is 1.43 bits per heavy atom. The molecule has 82 valence electrons. The van der Waals surface area contributed by atoms with Crippen molar-refractivity contribution in [2.24, 2.45) is 0 Å². The van der Waals surface area contributed by atoms with Gasteiger partial charge in [-0.1, -0.05) is 0 Å². The van der Waals surface area contributed by atoms with Crippen molar-refractivity contribution in [1.29, 1.82) is 0 Å². The molecule has 0 radical (unpaired) electrons. The number of Topliss-reactive ketones (excluding diaryl/α,β-unsaturated/α-hetero) is 2. The fourth-order valence-electron chi connectivity index (χ4n) is 0.725. The Bertz CT molecular complexity index is 174. The number of carbonyl (C=O) groups is 2. The SMILES string of the molecule is CC(=O)CSCC(O)CSCC(C)=O. The van der Waals surface area contributed by atoms with Gasteiger partial charge in [-0.25, -0.2) is 0 Å². The summed E-state index contributed by atoms with van der Waals surface area (Å²) in [5, 5.41) is 9.41. The summed E-state index contributed by atoms with van der Waals surface area (Å²) in [7, 11) is 0.